The number of nitrogens with one attached hydrogen (secondary N) is 1. The lowest BCUT2D eigenvalue weighted by Crippen LogP contribution is -2.38. The third-order valence-electron chi connectivity index (χ3n) is 3.79. The highest BCUT2D eigenvalue weighted by molar-refractivity contribution is 8.15. The van der Waals surface area contributed by atoms with Gasteiger partial charge in [-0.25, -0.2) is 4.99 Å². The van der Waals surface area contributed by atoms with E-state index in [4.69, 9.17) is 5.73 Å². The first kappa shape index (κ1) is 20.9. The van der Waals surface area contributed by atoms with E-state index in [1.54, 1.807) is 18.3 Å². The summed E-state index contributed by atoms with van der Waals surface area (Å²) in [7, 11) is 0. The highest BCUT2D eigenvalue weighted by Gasteiger charge is 2.40. The summed E-state index contributed by atoms with van der Waals surface area (Å²) in [4.78, 5) is 24.4. The van der Waals surface area contributed by atoms with Gasteiger partial charge < -0.3 is 15.5 Å². The van der Waals surface area contributed by atoms with Gasteiger partial charge >= 0.3 is 6.14 Å². The van der Waals surface area contributed by atoms with Gasteiger partial charge in [0.1, 0.15) is 11.8 Å². The number of amidine groups is 1. The van der Waals surface area contributed by atoms with Crippen LogP contribution in [0.3, 0.4) is 0 Å². The minimum absolute atomic E-state index is 0.0836. The molecule has 0 aliphatic carbocycles. The van der Waals surface area contributed by atoms with Gasteiger partial charge in [0.15, 0.2) is 10.9 Å². The first-order valence-electron chi connectivity index (χ1n) is 8.60. The Morgan fingerprint density at radius 2 is 2.07 bits per heavy atom. The summed E-state index contributed by atoms with van der Waals surface area (Å²) in [6, 6.07) is 3.37. The van der Waals surface area contributed by atoms with E-state index in [2.05, 4.69) is 38.5 Å². The number of amides is 1. The number of hydrogen-bond acceptors (Lipinski definition) is 7. The van der Waals surface area contributed by atoms with Crippen LogP contribution in [0.5, 0.6) is 0 Å². The zero-order valence-corrected chi connectivity index (χ0v) is 16.9. The number of thioether (sulfide) groups is 1. The smallest absolute Gasteiger partial charge is 0.382 e. The lowest BCUT2D eigenvalue weighted by Gasteiger charge is -2.38. The van der Waals surface area contributed by atoms with Crippen molar-refractivity contribution in [2.45, 2.75) is 51.3 Å². The van der Waals surface area contributed by atoms with Crippen molar-refractivity contribution < 1.29 is 13.6 Å². The molecule has 2 aromatic rings. The minimum atomic E-state index is -1.06. The maximum Gasteiger partial charge on any atom is 0.382 e. The molecule has 0 saturated heterocycles. The Balaban J connectivity index is 0.00000126. The second-order valence-corrected chi connectivity index (χ2v) is 8.36. The Hall–Kier alpha value is -2.42. The first-order valence-corrected chi connectivity index (χ1v) is 9.42. The van der Waals surface area contributed by atoms with Gasteiger partial charge in [-0.15, -0.1) is 4.39 Å². The molecule has 0 aromatic carbocycles. The Bertz CT molecular complexity index is 852. The molecular formula is C18H24FN5O2S. The fraction of sp³-hybridized carbons (Fsp3) is 0.444. The van der Waals surface area contributed by atoms with Gasteiger partial charge in [0.2, 0.25) is 0 Å². The second kappa shape index (κ2) is 8.08. The molecule has 3 N–H and O–H groups in total. The van der Waals surface area contributed by atoms with E-state index in [1.807, 2.05) is 20.8 Å². The van der Waals surface area contributed by atoms with Gasteiger partial charge in [-0.05, 0) is 25.5 Å². The number of oxazole rings is 1. The molecule has 27 heavy (non-hydrogen) atoms. The van der Waals surface area contributed by atoms with Gasteiger partial charge in [0.05, 0.1) is 5.69 Å². The van der Waals surface area contributed by atoms with Crippen molar-refractivity contribution in [3.05, 3.63) is 42.1 Å². The Labute approximate surface area is 162 Å². The molecule has 9 heteroatoms. The number of hydrogen-bond donors (Lipinski definition) is 2. The number of halogens is 1. The van der Waals surface area contributed by atoms with Crippen LogP contribution in [0.1, 0.15) is 57.2 Å². The van der Waals surface area contributed by atoms with Gasteiger partial charge in [0, 0.05) is 16.6 Å². The maximum atomic E-state index is 12.8. The second-order valence-electron chi connectivity index (χ2n) is 6.63. The average Bonchev–Trinajstić information content (AvgIpc) is 3.01. The molecule has 1 amide bonds. The van der Waals surface area contributed by atoms with Gasteiger partial charge in [-0.3, -0.25) is 9.78 Å². The molecular weight excluding hydrogens is 369 g/mol. The van der Waals surface area contributed by atoms with Crippen LogP contribution < -0.4 is 11.1 Å². The average molecular weight is 393 g/mol. The molecule has 1 unspecified atom stereocenters. The molecule has 0 bridgehead atoms. The van der Waals surface area contributed by atoms with Crippen LogP contribution in [0.4, 0.5) is 10.1 Å². The van der Waals surface area contributed by atoms with Crippen LogP contribution >= 0.6 is 11.8 Å². The van der Waals surface area contributed by atoms with E-state index in [0.717, 1.165) is 12.7 Å². The predicted molar refractivity (Wildman–Crippen MR) is 105 cm³/mol. The fourth-order valence-electron chi connectivity index (χ4n) is 2.96. The summed E-state index contributed by atoms with van der Waals surface area (Å²) in [5, 5.41) is 3.15. The molecule has 0 saturated carbocycles. The molecule has 146 valence electrons. The summed E-state index contributed by atoms with van der Waals surface area (Å²) in [5.74, 6) is -0.572. The lowest BCUT2D eigenvalue weighted by atomic mass is 9.87. The van der Waals surface area contributed by atoms with Crippen LogP contribution in [0.2, 0.25) is 0 Å². The van der Waals surface area contributed by atoms with Crippen LogP contribution in [0.25, 0.3) is 0 Å². The van der Waals surface area contributed by atoms with Crippen molar-refractivity contribution in [1.82, 2.24) is 9.97 Å². The molecule has 3 heterocycles. The van der Waals surface area contributed by atoms with Crippen molar-refractivity contribution in [2.24, 2.45) is 10.7 Å². The zero-order valence-electron chi connectivity index (χ0n) is 16.0. The van der Waals surface area contributed by atoms with E-state index < -0.39 is 17.6 Å². The number of nitrogens with two attached hydrogens (primary N) is 1. The van der Waals surface area contributed by atoms with Crippen molar-refractivity contribution in [2.75, 3.05) is 5.32 Å². The van der Waals surface area contributed by atoms with E-state index in [9.17, 15) is 9.18 Å². The Morgan fingerprint density at radius 1 is 1.37 bits per heavy atom. The van der Waals surface area contributed by atoms with Crippen molar-refractivity contribution >= 4 is 28.5 Å². The number of anilines is 1. The molecule has 0 spiro atoms. The number of carbonyl (C=O) groups excluding carboxylic acids is 1. The number of pyridine rings is 1. The Kier molecular flexibility index (Phi) is 6.25. The summed E-state index contributed by atoms with van der Waals surface area (Å²) in [6.45, 7) is 10.2. The number of nitrogens with zero attached hydrogens (tertiary/aromatic N) is 3. The van der Waals surface area contributed by atoms with Crippen molar-refractivity contribution in [3.8, 4) is 0 Å². The SMILES string of the molecule is CC.CC1(C)CC(C)(c2cc(NC(=O)c3coc(F)n3)ccn2)N=C(N)S1. The monoisotopic (exact) mass is 393 g/mol. The van der Waals surface area contributed by atoms with E-state index in [-0.39, 0.29) is 10.4 Å². The summed E-state index contributed by atoms with van der Waals surface area (Å²) < 4.78 is 17.1. The summed E-state index contributed by atoms with van der Waals surface area (Å²) in [5.41, 5.74) is 6.44. The molecule has 3 rings (SSSR count). The normalized spacial score (nSPS) is 20.9. The fourth-order valence-corrected chi connectivity index (χ4v) is 4.12. The molecule has 1 aliphatic rings. The maximum absolute atomic E-state index is 12.8. The zero-order chi connectivity index (χ0) is 20.2. The molecule has 2 aromatic heterocycles. The van der Waals surface area contributed by atoms with Crippen molar-refractivity contribution in [1.29, 1.82) is 0 Å². The Morgan fingerprint density at radius 3 is 2.67 bits per heavy atom. The number of aromatic nitrogens is 2. The van der Waals surface area contributed by atoms with Gasteiger partial charge in [0.25, 0.3) is 5.91 Å². The van der Waals surface area contributed by atoms with Crippen LogP contribution in [0, 0.1) is 6.14 Å². The molecule has 0 fully saturated rings. The van der Waals surface area contributed by atoms with Crippen LogP contribution in [-0.2, 0) is 5.54 Å². The quantitative estimate of drug-likeness (QED) is 0.818. The number of aliphatic imine (C=N–C) groups is 1. The summed E-state index contributed by atoms with van der Waals surface area (Å²) in [6.07, 6.45) is 2.23. The minimum Gasteiger partial charge on any atom is -0.423 e. The van der Waals surface area contributed by atoms with Gasteiger partial charge in [-0.2, -0.15) is 4.98 Å². The topological polar surface area (TPSA) is 106 Å². The third kappa shape index (κ3) is 5.06. The van der Waals surface area contributed by atoms with Gasteiger partial charge in [-0.1, -0.05) is 39.5 Å². The number of rotatable bonds is 3. The van der Waals surface area contributed by atoms with Crippen molar-refractivity contribution in [3.63, 3.8) is 0 Å². The lowest BCUT2D eigenvalue weighted by molar-refractivity contribution is 0.102. The highest BCUT2D eigenvalue weighted by Crippen LogP contribution is 2.44. The predicted octanol–water partition coefficient (Wildman–Crippen LogP) is 3.93. The molecule has 1 atom stereocenters. The third-order valence-corrected chi connectivity index (χ3v) is 4.78. The first-order chi connectivity index (χ1) is 12.7. The summed E-state index contributed by atoms with van der Waals surface area (Å²) >= 11 is 1.53. The largest absolute Gasteiger partial charge is 0.423 e. The number of carbonyl (C=O) groups is 1. The standard InChI is InChI=1S/C16H18FN5O2S.C2H6/c1-15(2)8-16(3,22-14(18)25-15)11-6-9(4-5-19-11)20-12(23)10-7-24-13(17)21-10;1-2/h4-7H,8H2,1-3H3,(H2,18,22)(H,19,20,23);1-2H3. The van der Waals surface area contributed by atoms with E-state index in [1.165, 1.54) is 11.8 Å². The van der Waals surface area contributed by atoms with E-state index >= 15 is 0 Å². The molecule has 7 nitrogen and oxygen atoms in total. The molecule has 1 aliphatic heterocycles. The van der Waals surface area contributed by atoms with Crippen LogP contribution in [0.15, 0.2) is 34.0 Å². The molecule has 0 radical (unpaired) electrons. The van der Waals surface area contributed by atoms with Crippen LogP contribution in [-0.4, -0.2) is 25.8 Å². The highest BCUT2D eigenvalue weighted by atomic mass is 32.2. The van der Waals surface area contributed by atoms with E-state index in [0.29, 0.717) is 16.5 Å².